The molecule has 4 saturated heterocycles. The Morgan fingerprint density at radius 3 is 2.33 bits per heavy atom. The van der Waals surface area contributed by atoms with Gasteiger partial charge in [-0.1, -0.05) is 0 Å². The molecule has 5 nitrogen and oxygen atoms in total. The van der Waals surface area contributed by atoms with Crippen molar-refractivity contribution in [1.29, 1.82) is 0 Å². The molecular formula is C13H23N3O2. The summed E-state index contributed by atoms with van der Waals surface area (Å²) in [6.07, 6.45) is 1.19. The second kappa shape index (κ2) is 4.70. The average Bonchev–Trinajstić information content (AvgIpc) is 2.39. The van der Waals surface area contributed by atoms with Crippen molar-refractivity contribution in [3.63, 3.8) is 0 Å². The Kier molecular flexibility index (Phi) is 3.20. The molecule has 0 N–H and O–H groups in total. The van der Waals surface area contributed by atoms with Gasteiger partial charge in [0.1, 0.15) is 0 Å². The van der Waals surface area contributed by atoms with Crippen LogP contribution in [0.1, 0.15) is 20.3 Å². The van der Waals surface area contributed by atoms with E-state index in [1.54, 1.807) is 0 Å². The number of ether oxygens (including phenoxy) is 1. The molecule has 0 saturated carbocycles. The quantitative estimate of drug-likeness (QED) is 0.687. The third-order valence-electron chi connectivity index (χ3n) is 4.45. The van der Waals surface area contributed by atoms with Gasteiger partial charge >= 0.3 is 6.03 Å². The van der Waals surface area contributed by atoms with Crippen LogP contribution in [0, 0.1) is 0 Å². The van der Waals surface area contributed by atoms with E-state index in [4.69, 9.17) is 4.74 Å². The van der Waals surface area contributed by atoms with E-state index in [0.717, 1.165) is 26.2 Å². The number of hydrogen-bond donors (Lipinski definition) is 0. The standard InChI is InChI=1S/C13H23N3O2/c1-10(2)15-8-11-7-12(9-15)16(11)13(17)14-3-5-18-6-4-14/h10-12H,3-9H2,1-2H3. The normalized spacial score (nSPS) is 32.6. The lowest BCUT2D eigenvalue weighted by Crippen LogP contribution is -2.72. The minimum absolute atomic E-state index is 0.239. The van der Waals surface area contributed by atoms with Gasteiger partial charge in [0.25, 0.3) is 0 Å². The van der Waals surface area contributed by atoms with Crippen LogP contribution < -0.4 is 0 Å². The third kappa shape index (κ3) is 1.99. The Labute approximate surface area is 109 Å². The van der Waals surface area contributed by atoms with Crippen molar-refractivity contribution < 1.29 is 9.53 Å². The van der Waals surface area contributed by atoms with E-state index >= 15 is 0 Å². The molecule has 2 amide bonds. The highest BCUT2D eigenvalue weighted by atomic mass is 16.5. The molecule has 0 spiro atoms. The van der Waals surface area contributed by atoms with Crippen molar-refractivity contribution in [3.8, 4) is 0 Å². The van der Waals surface area contributed by atoms with Crippen molar-refractivity contribution in [2.75, 3.05) is 39.4 Å². The van der Waals surface area contributed by atoms with Gasteiger partial charge in [0, 0.05) is 44.3 Å². The molecule has 4 fully saturated rings. The van der Waals surface area contributed by atoms with E-state index in [2.05, 4.69) is 23.6 Å². The molecule has 0 radical (unpaired) electrons. The molecule has 4 rings (SSSR count). The van der Waals surface area contributed by atoms with Gasteiger partial charge < -0.3 is 14.5 Å². The largest absolute Gasteiger partial charge is 0.378 e. The molecule has 2 bridgehead atoms. The van der Waals surface area contributed by atoms with Gasteiger partial charge in [-0.25, -0.2) is 4.79 Å². The second-order valence-corrected chi connectivity index (χ2v) is 5.88. The number of morpholine rings is 1. The van der Waals surface area contributed by atoms with Gasteiger partial charge in [-0.2, -0.15) is 0 Å². The number of amides is 2. The Balaban J connectivity index is 1.60. The summed E-state index contributed by atoms with van der Waals surface area (Å²) in [7, 11) is 0. The number of fused-ring (bicyclic) bond motifs is 2. The van der Waals surface area contributed by atoms with Gasteiger partial charge in [0.15, 0.2) is 0 Å². The van der Waals surface area contributed by atoms with Crippen LogP contribution in [0.4, 0.5) is 4.79 Å². The number of hydrogen-bond acceptors (Lipinski definition) is 3. The number of piperazine rings is 1. The van der Waals surface area contributed by atoms with Crippen LogP contribution in [-0.4, -0.2) is 78.2 Å². The van der Waals surface area contributed by atoms with Crippen molar-refractivity contribution in [2.24, 2.45) is 0 Å². The molecule has 18 heavy (non-hydrogen) atoms. The van der Waals surface area contributed by atoms with Crippen molar-refractivity contribution in [1.82, 2.24) is 14.7 Å². The highest BCUT2D eigenvalue weighted by Gasteiger charge is 2.48. The van der Waals surface area contributed by atoms with Gasteiger partial charge in [-0.15, -0.1) is 0 Å². The molecule has 0 aromatic heterocycles. The first-order valence-electron chi connectivity index (χ1n) is 7.06. The van der Waals surface area contributed by atoms with E-state index in [9.17, 15) is 4.79 Å². The summed E-state index contributed by atoms with van der Waals surface area (Å²) in [6.45, 7) is 9.44. The lowest BCUT2D eigenvalue weighted by atomic mass is 9.87. The van der Waals surface area contributed by atoms with E-state index < -0.39 is 0 Å². The van der Waals surface area contributed by atoms with Crippen molar-refractivity contribution in [2.45, 2.75) is 38.4 Å². The van der Waals surface area contributed by atoms with Crippen molar-refractivity contribution >= 4 is 6.03 Å². The number of nitrogens with zero attached hydrogens (tertiary/aromatic N) is 3. The van der Waals surface area contributed by atoms with Crippen LogP contribution in [0.5, 0.6) is 0 Å². The van der Waals surface area contributed by atoms with Crippen LogP contribution in [0.15, 0.2) is 0 Å². The predicted molar refractivity (Wildman–Crippen MR) is 68.5 cm³/mol. The van der Waals surface area contributed by atoms with E-state index in [0.29, 0.717) is 31.3 Å². The van der Waals surface area contributed by atoms with Crippen LogP contribution in [0.3, 0.4) is 0 Å². The lowest BCUT2D eigenvalue weighted by Gasteiger charge is -2.58. The lowest BCUT2D eigenvalue weighted by molar-refractivity contribution is -0.0617. The Morgan fingerprint density at radius 2 is 1.78 bits per heavy atom. The molecule has 0 aromatic rings. The van der Waals surface area contributed by atoms with Gasteiger partial charge in [0.2, 0.25) is 0 Å². The first-order valence-corrected chi connectivity index (χ1v) is 7.06. The van der Waals surface area contributed by atoms with E-state index in [1.807, 2.05) is 4.90 Å². The summed E-state index contributed by atoms with van der Waals surface area (Å²) in [5.74, 6) is 0. The molecule has 2 atom stereocenters. The topological polar surface area (TPSA) is 36.0 Å². The van der Waals surface area contributed by atoms with Crippen LogP contribution >= 0.6 is 0 Å². The number of rotatable bonds is 1. The fraction of sp³-hybridized carbons (Fsp3) is 0.923. The molecule has 4 heterocycles. The minimum Gasteiger partial charge on any atom is -0.378 e. The third-order valence-corrected chi connectivity index (χ3v) is 4.45. The summed E-state index contributed by atoms with van der Waals surface area (Å²) >= 11 is 0. The molecule has 4 aliphatic rings. The number of urea groups is 1. The van der Waals surface area contributed by atoms with Crippen LogP contribution in [0.25, 0.3) is 0 Å². The minimum atomic E-state index is 0.239. The molecule has 0 aliphatic carbocycles. The molecular weight excluding hydrogens is 230 g/mol. The number of carbonyl (C=O) groups is 1. The molecule has 102 valence electrons. The maximum absolute atomic E-state index is 12.4. The fourth-order valence-corrected chi connectivity index (χ4v) is 3.29. The van der Waals surface area contributed by atoms with Gasteiger partial charge in [-0.05, 0) is 20.3 Å². The van der Waals surface area contributed by atoms with Gasteiger partial charge in [0.05, 0.1) is 13.2 Å². The summed E-state index contributed by atoms with van der Waals surface area (Å²) < 4.78 is 5.30. The summed E-state index contributed by atoms with van der Waals surface area (Å²) in [6, 6.07) is 1.72. The molecule has 0 aromatic carbocycles. The van der Waals surface area contributed by atoms with E-state index in [-0.39, 0.29) is 6.03 Å². The zero-order chi connectivity index (χ0) is 12.7. The first-order chi connectivity index (χ1) is 8.66. The Hall–Kier alpha value is -0.810. The number of piperidine rings is 1. The first kappa shape index (κ1) is 12.2. The zero-order valence-electron chi connectivity index (χ0n) is 11.3. The van der Waals surface area contributed by atoms with Gasteiger partial charge in [-0.3, -0.25) is 4.90 Å². The second-order valence-electron chi connectivity index (χ2n) is 5.88. The summed E-state index contributed by atoms with van der Waals surface area (Å²) in [5.41, 5.74) is 0. The van der Waals surface area contributed by atoms with Crippen molar-refractivity contribution in [3.05, 3.63) is 0 Å². The van der Waals surface area contributed by atoms with Crippen LogP contribution in [-0.2, 0) is 4.74 Å². The maximum Gasteiger partial charge on any atom is 0.320 e. The highest BCUT2D eigenvalue weighted by Crippen LogP contribution is 2.34. The van der Waals surface area contributed by atoms with E-state index in [1.165, 1.54) is 6.42 Å². The predicted octanol–water partition coefficient (Wildman–Crippen LogP) is 0.606. The SMILES string of the molecule is CC(C)N1CC2CC(C1)N2C(=O)N1CCOCC1. The highest BCUT2D eigenvalue weighted by molar-refractivity contribution is 5.76. The Morgan fingerprint density at radius 1 is 1.17 bits per heavy atom. The molecule has 2 unspecified atom stereocenters. The average molecular weight is 253 g/mol. The molecule has 4 aliphatic heterocycles. The maximum atomic E-state index is 12.4. The smallest absolute Gasteiger partial charge is 0.320 e. The fourth-order valence-electron chi connectivity index (χ4n) is 3.29. The van der Waals surface area contributed by atoms with Crippen LogP contribution in [0.2, 0.25) is 0 Å². The Bertz CT molecular complexity index is 316. The summed E-state index contributed by atoms with van der Waals surface area (Å²) in [5, 5.41) is 0. The molecule has 5 heteroatoms. The summed E-state index contributed by atoms with van der Waals surface area (Å²) in [4.78, 5) is 19.0. The monoisotopic (exact) mass is 253 g/mol. The number of carbonyl (C=O) groups excluding carboxylic acids is 1. The zero-order valence-corrected chi connectivity index (χ0v) is 11.3.